The minimum Gasteiger partial charge on any atom is -0.481 e. The highest BCUT2D eigenvalue weighted by molar-refractivity contribution is 5.74. The van der Waals surface area contributed by atoms with Gasteiger partial charge in [0.25, 0.3) is 0 Å². The first-order chi connectivity index (χ1) is 9.29. The number of hydrogen-bond acceptors (Lipinski definition) is 2. The van der Waals surface area contributed by atoms with Gasteiger partial charge in [-0.15, -0.1) is 0 Å². The maximum Gasteiger partial charge on any atom is 0.391 e. The summed E-state index contributed by atoms with van der Waals surface area (Å²) in [6, 6.07) is -1.02. The molecule has 1 fully saturated rings. The highest BCUT2D eigenvalue weighted by atomic mass is 19.4. The van der Waals surface area contributed by atoms with Crippen LogP contribution in [-0.4, -0.2) is 35.9 Å². The summed E-state index contributed by atoms with van der Waals surface area (Å²) >= 11 is 0. The Morgan fingerprint density at radius 3 is 2.55 bits per heavy atom. The molecule has 2 unspecified atom stereocenters. The third-order valence-corrected chi connectivity index (χ3v) is 3.33. The molecule has 1 saturated carbocycles. The van der Waals surface area contributed by atoms with Crippen LogP contribution in [0.15, 0.2) is 0 Å². The van der Waals surface area contributed by atoms with Crippen LogP contribution in [-0.2, 0) is 4.79 Å². The van der Waals surface area contributed by atoms with Gasteiger partial charge in [0.15, 0.2) is 0 Å². The number of halogens is 3. The normalized spacial score (nSPS) is 23.1. The molecule has 0 aromatic rings. The van der Waals surface area contributed by atoms with Crippen molar-refractivity contribution in [2.24, 2.45) is 5.92 Å². The predicted octanol–water partition coefficient (Wildman–Crippen LogP) is 2.27. The molecular weight excluding hydrogens is 277 g/mol. The van der Waals surface area contributed by atoms with Gasteiger partial charge in [-0.1, -0.05) is 6.42 Å². The zero-order chi connectivity index (χ0) is 15.2. The van der Waals surface area contributed by atoms with Crippen molar-refractivity contribution in [3.8, 4) is 0 Å². The summed E-state index contributed by atoms with van der Waals surface area (Å²) < 4.78 is 37.8. The van der Waals surface area contributed by atoms with E-state index in [9.17, 15) is 22.8 Å². The van der Waals surface area contributed by atoms with Crippen LogP contribution in [0.5, 0.6) is 0 Å². The van der Waals surface area contributed by atoms with E-state index in [4.69, 9.17) is 5.11 Å². The summed E-state index contributed by atoms with van der Waals surface area (Å²) in [6.07, 6.45) is -2.98. The number of hydrogen-bond donors (Lipinski definition) is 3. The van der Waals surface area contributed by atoms with Gasteiger partial charge >= 0.3 is 18.2 Å². The third-order valence-electron chi connectivity index (χ3n) is 3.33. The third kappa shape index (κ3) is 6.12. The molecule has 0 aromatic carbocycles. The summed E-state index contributed by atoms with van der Waals surface area (Å²) in [5.74, 6) is -2.30. The molecule has 0 heterocycles. The summed E-state index contributed by atoms with van der Waals surface area (Å²) in [7, 11) is 0. The molecule has 2 amide bonds. The standard InChI is InChI=1S/C12H19F3N2O3/c13-12(14,15)8-3-1-4-9(7-8)17-11(20)16-6-2-5-10(18)19/h8-9H,1-7H2,(H,18,19)(H2,16,17,20). The Bertz CT molecular complexity index is 347. The van der Waals surface area contributed by atoms with Gasteiger partial charge in [0.05, 0.1) is 5.92 Å². The number of nitrogens with one attached hydrogen (secondary N) is 2. The van der Waals surface area contributed by atoms with Gasteiger partial charge in [0, 0.05) is 19.0 Å². The molecule has 3 N–H and O–H groups in total. The maximum absolute atomic E-state index is 12.6. The summed E-state index contributed by atoms with van der Waals surface area (Å²) in [6.45, 7) is 0.188. The molecule has 0 aliphatic heterocycles. The molecule has 8 heteroatoms. The van der Waals surface area contributed by atoms with E-state index in [1.54, 1.807) is 0 Å². The van der Waals surface area contributed by atoms with E-state index in [0.717, 1.165) is 0 Å². The van der Waals surface area contributed by atoms with Crippen molar-refractivity contribution in [3.05, 3.63) is 0 Å². The van der Waals surface area contributed by atoms with E-state index in [1.807, 2.05) is 0 Å². The Balaban J connectivity index is 2.26. The first-order valence-corrected chi connectivity index (χ1v) is 6.62. The highest BCUT2D eigenvalue weighted by Gasteiger charge is 2.42. The zero-order valence-electron chi connectivity index (χ0n) is 11.0. The van der Waals surface area contributed by atoms with Gasteiger partial charge in [-0.25, -0.2) is 4.79 Å². The molecule has 0 aromatic heterocycles. The average molecular weight is 296 g/mol. The molecule has 0 spiro atoms. The summed E-state index contributed by atoms with van der Waals surface area (Å²) in [5, 5.41) is 13.4. The molecule has 20 heavy (non-hydrogen) atoms. The quantitative estimate of drug-likeness (QED) is 0.681. The van der Waals surface area contributed by atoms with Crippen LogP contribution in [0, 0.1) is 5.92 Å². The van der Waals surface area contributed by atoms with Crippen LogP contribution in [0.25, 0.3) is 0 Å². The number of rotatable bonds is 5. The molecule has 0 saturated heterocycles. The number of carbonyl (C=O) groups is 2. The summed E-state index contributed by atoms with van der Waals surface area (Å²) in [5.41, 5.74) is 0. The first-order valence-electron chi connectivity index (χ1n) is 6.62. The molecule has 0 bridgehead atoms. The number of carboxylic acid groups (broad SMARTS) is 1. The van der Waals surface area contributed by atoms with Crippen LogP contribution in [0.2, 0.25) is 0 Å². The van der Waals surface area contributed by atoms with Crippen molar-refractivity contribution in [1.82, 2.24) is 10.6 Å². The molecule has 2 atom stereocenters. The van der Waals surface area contributed by atoms with E-state index in [1.165, 1.54) is 0 Å². The van der Waals surface area contributed by atoms with Gasteiger partial charge in [0.1, 0.15) is 0 Å². The fourth-order valence-corrected chi connectivity index (χ4v) is 2.30. The number of amides is 2. The lowest BCUT2D eigenvalue weighted by atomic mass is 9.85. The van der Waals surface area contributed by atoms with E-state index < -0.39 is 30.1 Å². The van der Waals surface area contributed by atoms with Crippen LogP contribution in [0.4, 0.5) is 18.0 Å². The maximum atomic E-state index is 12.6. The molecule has 5 nitrogen and oxygen atoms in total. The lowest BCUT2D eigenvalue weighted by Crippen LogP contribution is -2.46. The fraction of sp³-hybridized carbons (Fsp3) is 0.833. The van der Waals surface area contributed by atoms with Crippen LogP contribution in [0.1, 0.15) is 38.5 Å². The predicted molar refractivity (Wildman–Crippen MR) is 65.2 cm³/mol. The SMILES string of the molecule is O=C(O)CCCNC(=O)NC1CCCC(C(F)(F)F)C1. The molecular formula is C12H19F3N2O3. The van der Waals surface area contributed by atoms with Crippen molar-refractivity contribution in [1.29, 1.82) is 0 Å². The monoisotopic (exact) mass is 296 g/mol. The fourth-order valence-electron chi connectivity index (χ4n) is 2.30. The van der Waals surface area contributed by atoms with Crippen LogP contribution >= 0.6 is 0 Å². The number of carboxylic acids is 1. The van der Waals surface area contributed by atoms with Gasteiger partial charge in [0.2, 0.25) is 0 Å². The lowest BCUT2D eigenvalue weighted by molar-refractivity contribution is -0.183. The largest absolute Gasteiger partial charge is 0.481 e. The van der Waals surface area contributed by atoms with Gasteiger partial charge in [-0.2, -0.15) is 13.2 Å². The molecule has 1 rings (SSSR count). The highest BCUT2D eigenvalue weighted by Crippen LogP contribution is 2.37. The molecule has 1 aliphatic rings. The second kappa shape index (κ2) is 7.35. The topological polar surface area (TPSA) is 78.4 Å². The molecule has 0 radical (unpaired) electrons. The minimum absolute atomic E-state index is 0.0557. The second-order valence-corrected chi connectivity index (χ2v) is 5.00. The van der Waals surface area contributed by atoms with Crippen LogP contribution in [0.3, 0.4) is 0 Å². The number of alkyl halides is 3. The minimum atomic E-state index is -4.21. The van der Waals surface area contributed by atoms with Gasteiger partial charge in [-0.05, 0) is 25.7 Å². The Morgan fingerprint density at radius 2 is 1.95 bits per heavy atom. The summed E-state index contributed by atoms with van der Waals surface area (Å²) in [4.78, 5) is 21.7. The second-order valence-electron chi connectivity index (χ2n) is 5.00. The van der Waals surface area contributed by atoms with Crippen molar-refractivity contribution >= 4 is 12.0 Å². The van der Waals surface area contributed by atoms with Crippen molar-refractivity contribution in [3.63, 3.8) is 0 Å². The van der Waals surface area contributed by atoms with E-state index in [0.29, 0.717) is 19.3 Å². The smallest absolute Gasteiger partial charge is 0.391 e. The van der Waals surface area contributed by atoms with Gasteiger partial charge < -0.3 is 15.7 Å². The average Bonchev–Trinajstić information content (AvgIpc) is 2.34. The number of carbonyl (C=O) groups excluding carboxylic acids is 1. The van der Waals surface area contributed by atoms with Crippen molar-refractivity contribution in [2.45, 2.75) is 50.7 Å². The number of aliphatic carboxylic acids is 1. The number of urea groups is 1. The Morgan fingerprint density at radius 1 is 1.25 bits per heavy atom. The van der Waals surface area contributed by atoms with Gasteiger partial charge in [-0.3, -0.25) is 4.79 Å². The Labute approximate surface area is 114 Å². The molecule has 1 aliphatic carbocycles. The Kier molecular flexibility index (Phi) is 6.09. The van der Waals surface area contributed by atoms with E-state index in [-0.39, 0.29) is 25.8 Å². The first kappa shape index (κ1) is 16.6. The van der Waals surface area contributed by atoms with Crippen molar-refractivity contribution < 1.29 is 27.9 Å². The van der Waals surface area contributed by atoms with E-state index >= 15 is 0 Å². The van der Waals surface area contributed by atoms with E-state index in [2.05, 4.69) is 10.6 Å². The van der Waals surface area contributed by atoms with Crippen LogP contribution < -0.4 is 10.6 Å². The lowest BCUT2D eigenvalue weighted by Gasteiger charge is -2.31. The Hall–Kier alpha value is -1.47. The van der Waals surface area contributed by atoms with Crippen molar-refractivity contribution in [2.75, 3.05) is 6.54 Å². The zero-order valence-corrected chi connectivity index (χ0v) is 11.0. The molecule has 116 valence electrons.